The minimum atomic E-state index is -0.00595. The largest absolute Gasteiger partial charge is 0.367 e. The SMILES string of the molecule is CN1CCN(c2ccc(-c3cnc4[nH]cc(-c5ccc(C(=O)N(C)C)cc5)c4c3)c3cn[nH]c23)CC1. The predicted octanol–water partition coefficient (Wildman–Crippen LogP) is 4.23. The molecular weight excluding hydrogens is 450 g/mol. The number of nitrogens with zero attached hydrogens (tertiary/aromatic N) is 5. The maximum atomic E-state index is 12.3. The fourth-order valence-electron chi connectivity index (χ4n) is 5.02. The molecule has 1 aliphatic rings. The molecule has 1 saturated heterocycles. The Balaban J connectivity index is 1.38. The number of aromatic amines is 2. The highest BCUT2D eigenvalue weighted by Crippen LogP contribution is 2.36. The average molecular weight is 480 g/mol. The maximum absolute atomic E-state index is 12.3. The van der Waals surface area contributed by atoms with Crippen LogP contribution in [0.5, 0.6) is 0 Å². The first kappa shape index (κ1) is 22.3. The van der Waals surface area contributed by atoms with Crippen LogP contribution in [-0.2, 0) is 0 Å². The summed E-state index contributed by atoms with van der Waals surface area (Å²) >= 11 is 0. The Morgan fingerprint density at radius 3 is 2.44 bits per heavy atom. The molecule has 8 heteroatoms. The van der Waals surface area contributed by atoms with E-state index in [1.165, 1.54) is 5.69 Å². The van der Waals surface area contributed by atoms with Gasteiger partial charge in [0.15, 0.2) is 0 Å². The van der Waals surface area contributed by atoms with Crippen molar-refractivity contribution in [2.45, 2.75) is 0 Å². The van der Waals surface area contributed by atoms with Gasteiger partial charge in [-0.1, -0.05) is 18.2 Å². The molecule has 0 unspecified atom stereocenters. The van der Waals surface area contributed by atoms with Crippen LogP contribution in [0, 0.1) is 0 Å². The number of hydrogen-bond donors (Lipinski definition) is 2. The van der Waals surface area contributed by atoms with Crippen LogP contribution in [0.15, 0.2) is 61.1 Å². The highest BCUT2D eigenvalue weighted by molar-refractivity contribution is 6.03. The van der Waals surface area contributed by atoms with E-state index in [9.17, 15) is 4.79 Å². The third-order valence-electron chi connectivity index (χ3n) is 7.13. The summed E-state index contributed by atoms with van der Waals surface area (Å²) in [6, 6.07) is 14.3. The fourth-order valence-corrected chi connectivity index (χ4v) is 5.02. The lowest BCUT2D eigenvalue weighted by molar-refractivity contribution is 0.0827. The summed E-state index contributed by atoms with van der Waals surface area (Å²) < 4.78 is 0. The molecule has 0 saturated carbocycles. The number of hydrogen-bond acceptors (Lipinski definition) is 5. The molecule has 4 heterocycles. The molecule has 5 aromatic rings. The molecular formula is C28H29N7O. The van der Waals surface area contributed by atoms with Crippen LogP contribution < -0.4 is 4.90 Å². The van der Waals surface area contributed by atoms with Crippen molar-refractivity contribution >= 4 is 33.5 Å². The van der Waals surface area contributed by atoms with Crippen molar-refractivity contribution in [2.24, 2.45) is 0 Å². The summed E-state index contributed by atoms with van der Waals surface area (Å²) in [5, 5.41) is 9.76. The van der Waals surface area contributed by atoms with Crippen molar-refractivity contribution in [1.29, 1.82) is 0 Å². The zero-order chi connectivity index (χ0) is 24.8. The third-order valence-corrected chi connectivity index (χ3v) is 7.13. The Labute approximate surface area is 209 Å². The van der Waals surface area contributed by atoms with Crippen molar-refractivity contribution in [2.75, 3.05) is 52.2 Å². The number of rotatable bonds is 4. The zero-order valence-electron chi connectivity index (χ0n) is 20.7. The number of carbonyl (C=O) groups is 1. The van der Waals surface area contributed by atoms with Gasteiger partial charge in [-0.25, -0.2) is 4.98 Å². The van der Waals surface area contributed by atoms with E-state index in [0.29, 0.717) is 5.56 Å². The first-order valence-corrected chi connectivity index (χ1v) is 12.2. The normalized spacial score (nSPS) is 14.6. The molecule has 0 radical (unpaired) electrons. The lowest BCUT2D eigenvalue weighted by atomic mass is 9.99. The zero-order valence-corrected chi connectivity index (χ0v) is 20.7. The van der Waals surface area contributed by atoms with E-state index >= 15 is 0 Å². The number of amides is 1. The first-order chi connectivity index (χ1) is 17.5. The van der Waals surface area contributed by atoms with Gasteiger partial charge in [0.05, 0.1) is 17.4 Å². The highest BCUT2D eigenvalue weighted by atomic mass is 16.2. The van der Waals surface area contributed by atoms with Crippen molar-refractivity contribution in [3.63, 3.8) is 0 Å². The number of likely N-dealkylation sites (N-methyl/N-ethyl adjacent to an activating group) is 1. The van der Waals surface area contributed by atoms with Gasteiger partial charge in [0.1, 0.15) is 5.65 Å². The van der Waals surface area contributed by atoms with Gasteiger partial charge in [-0.3, -0.25) is 9.89 Å². The van der Waals surface area contributed by atoms with Crippen LogP contribution >= 0.6 is 0 Å². The van der Waals surface area contributed by atoms with Gasteiger partial charge in [0.2, 0.25) is 0 Å². The second-order valence-electron chi connectivity index (χ2n) is 9.68. The number of anilines is 1. The van der Waals surface area contributed by atoms with Crippen LogP contribution in [0.2, 0.25) is 0 Å². The predicted molar refractivity (Wildman–Crippen MR) is 144 cm³/mol. The molecule has 182 valence electrons. The summed E-state index contributed by atoms with van der Waals surface area (Å²) in [7, 11) is 5.69. The average Bonchev–Trinajstić information content (AvgIpc) is 3.56. The quantitative estimate of drug-likeness (QED) is 0.403. The van der Waals surface area contributed by atoms with Crippen LogP contribution in [0.25, 0.3) is 44.2 Å². The number of nitrogens with one attached hydrogen (secondary N) is 2. The highest BCUT2D eigenvalue weighted by Gasteiger charge is 2.19. The molecule has 3 aromatic heterocycles. The molecule has 2 N–H and O–H groups in total. The fraction of sp³-hybridized carbons (Fsp3) is 0.250. The van der Waals surface area contributed by atoms with E-state index in [-0.39, 0.29) is 5.91 Å². The van der Waals surface area contributed by atoms with Gasteiger partial charge in [-0.2, -0.15) is 5.10 Å². The summed E-state index contributed by atoms with van der Waals surface area (Å²) in [4.78, 5) is 26.7. The summed E-state index contributed by atoms with van der Waals surface area (Å²) in [5.41, 5.74) is 8.00. The molecule has 36 heavy (non-hydrogen) atoms. The summed E-state index contributed by atoms with van der Waals surface area (Å²) in [6.45, 7) is 4.11. The van der Waals surface area contributed by atoms with Crippen LogP contribution in [0.3, 0.4) is 0 Å². The third kappa shape index (κ3) is 3.79. The Bertz CT molecular complexity index is 1560. The van der Waals surface area contributed by atoms with Crippen LogP contribution in [0.1, 0.15) is 10.4 Å². The molecule has 0 bridgehead atoms. The van der Waals surface area contributed by atoms with Crippen molar-refractivity contribution < 1.29 is 4.79 Å². The topological polar surface area (TPSA) is 84.2 Å². The molecule has 8 nitrogen and oxygen atoms in total. The van der Waals surface area contributed by atoms with Crippen molar-refractivity contribution in [1.82, 2.24) is 30.0 Å². The Morgan fingerprint density at radius 1 is 0.917 bits per heavy atom. The number of fused-ring (bicyclic) bond motifs is 2. The number of pyridine rings is 1. The number of H-pyrrole nitrogens is 2. The van der Waals surface area contributed by atoms with Gasteiger partial charge in [-0.15, -0.1) is 0 Å². The minimum Gasteiger partial charge on any atom is -0.367 e. The smallest absolute Gasteiger partial charge is 0.253 e. The van der Waals surface area contributed by atoms with Gasteiger partial charge in [0, 0.05) is 80.1 Å². The minimum absolute atomic E-state index is 0.00595. The maximum Gasteiger partial charge on any atom is 0.253 e. The van der Waals surface area contributed by atoms with E-state index in [2.05, 4.69) is 50.2 Å². The molecule has 1 aliphatic heterocycles. The molecule has 0 spiro atoms. The molecule has 1 amide bonds. The van der Waals surface area contributed by atoms with Gasteiger partial charge >= 0.3 is 0 Å². The number of aromatic nitrogens is 4. The summed E-state index contributed by atoms with van der Waals surface area (Å²) in [6.07, 6.45) is 5.81. The standard InChI is InChI=1S/C28H29N7O/c1-33(2)28(36)19-6-4-18(5-7-19)23-16-30-27-22(23)14-20(15-29-27)21-8-9-25(26-24(21)17-31-32-26)35-12-10-34(3)11-13-35/h4-9,14-17H,10-13H2,1-3H3,(H,29,30)(H,31,32). The molecule has 0 atom stereocenters. The lowest BCUT2D eigenvalue weighted by Crippen LogP contribution is -2.44. The molecule has 0 aliphatic carbocycles. The molecule has 2 aromatic carbocycles. The van der Waals surface area contributed by atoms with E-state index in [0.717, 1.165) is 70.4 Å². The first-order valence-electron chi connectivity index (χ1n) is 12.2. The van der Waals surface area contributed by atoms with Gasteiger partial charge in [-0.05, 0) is 42.4 Å². The Hall–Kier alpha value is -4.17. The van der Waals surface area contributed by atoms with E-state index in [1.54, 1.807) is 19.0 Å². The number of carbonyl (C=O) groups excluding carboxylic acids is 1. The number of piperazine rings is 1. The van der Waals surface area contributed by atoms with Gasteiger partial charge < -0.3 is 19.7 Å². The summed E-state index contributed by atoms with van der Waals surface area (Å²) in [5.74, 6) is -0.00595. The Kier molecular flexibility index (Phi) is 5.45. The second kappa shape index (κ2) is 8.80. The van der Waals surface area contributed by atoms with Gasteiger partial charge in [0.25, 0.3) is 5.91 Å². The molecule has 6 rings (SSSR count). The molecule has 1 fully saturated rings. The monoisotopic (exact) mass is 479 g/mol. The van der Waals surface area contributed by atoms with E-state index in [4.69, 9.17) is 4.98 Å². The number of benzene rings is 2. The van der Waals surface area contributed by atoms with E-state index < -0.39 is 0 Å². The van der Waals surface area contributed by atoms with Crippen LogP contribution in [0.4, 0.5) is 5.69 Å². The van der Waals surface area contributed by atoms with Crippen molar-refractivity contribution in [3.05, 3.63) is 66.6 Å². The Morgan fingerprint density at radius 2 is 1.69 bits per heavy atom. The lowest BCUT2D eigenvalue weighted by Gasteiger charge is -2.34. The second-order valence-corrected chi connectivity index (χ2v) is 9.68. The van der Waals surface area contributed by atoms with Crippen molar-refractivity contribution in [3.8, 4) is 22.3 Å². The van der Waals surface area contributed by atoms with Crippen LogP contribution in [-0.4, -0.2) is 83.2 Å². The van der Waals surface area contributed by atoms with E-state index in [1.807, 2.05) is 42.9 Å².